The Hall–Kier alpha value is -1.51. The number of benzene rings is 1. The normalized spacial score (nSPS) is 11.4. The molecule has 1 heterocycles. The van der Waals surface area contributed by atoms with E-state index >= 15 is 0 Å². The number of nitrogens with one attached hydrogen (secondary N) is 1. The molecule has 0 aliphatic rings. The molecule has 0 aliphatic heterocycles. The largest absolute Gasteiger partial charge is 0.326 e. The third-order valence-corrected chi connectivity index (χ3v) is 4.14. The smallest absolute Gasteiger partial charge is 0.238 e. The number of nitrogens with two attached hydrogens (primary N) is 1. The van der Waals surface area contributed by atoms with Crippen LogP contribution < -0.4 is 10.5 Å². The third kappa shape index (κ3) is 3.49. The summed E-state index contributed by atoms with van der Waals surface area (Å²) in [6, 6.07) is 7.17. The van der Waals surface area contributed by atoms with Crippen LogP contribution in [0, 0.1) is 0 Å². The summed E-state index contributed by atoms with van der Waals surface area (Å²) >= 11 is 1.14. The molecule has 0 fully saturated rings. The highest BCUT2D eigenvalue weighted by molar-refractivity contribution is 7.92. The molecule has 0 radical (unpaired) electrons. The van der Waals surface area contributed by atoms with E-state index in [0.717, 1.165) is 16.9 Å². The van der Waals surface area contributed by atoms with E-state index in [1.54, 1.807) is 18.2 Å². The lowest BCUT2D eigenvalue weighted by Crippen LogP contribution is -2.15. The minimum atomic E-state index is -3.47. The second-order valence-corrected chi connectivity index (χ2v) is 6.18. The molecule has 1 aromatic carbocycles. The van der Waals surface area contributed by atoms with Crippen LogP contribution in [0.1, 0.15) is 11.1 Å². The monoisotopic (exact) mass is 284 g/mol. The quantitative estimate of drug-likeness (QED) is 0.851. The maximum atomic E-state index is 11.9. The summed E-state index contributed by atoms with van der Waals surface area (Å²) in [5.74, 6) is -0.111. The third-order valence-electron chi connectivity index (χ3n) is 2.19. The highest BCUT2D eigenvalue weighted by Crippen LogP contribution is 2.14. The van der Waals surface area contributed by atoms with Gasteiger partial charge in [0, 0.05) is 6.54 Å². The van der Waals surface area contributed by atoms with Crippen LogP contribution in [0.3, 0.4) is 0 Å². The number of anilines is 1. The summed E-state index contributed by atoms with van der Waals surface area (Å²) in [5.41, 5.74) is 8.57. The first-order chi connectivity index (χ1) is 8.59. The molecule has 0 spiro atoms. The van der Waals surface area contributed by atoms with E-state index in [0.29, 0.717) is 12.1 Å². The maximum Gasteiger partial charge on any atom is 0.238 e. The average Bonchev–Trinajstić information content (AvgIpc) is 2.80. The van der Waals surface area contributed by atoms with Gasteiger partial charge in [0.2, 0.25) is 15.2 Å². The van der Waals surface area contributed by atoms with Gasteiger partial charge in [0.25, 0.3) is 0 Å². The Morgan fingerprint density at radius 1 is 1.33 bits per heavy atom. The summed E-state index contributed by atoms with van der Waals surface area (Å²) in [7, 11) is -3.47. The highest BCUT2D eigenvalue weighted by atomic mass is 32.2. The van der Waals surface area contributed by atoms with E-state index in [2.05, 4.69) is 14.9 Å². The summed E-state index contributed by atoms with van der Waals surface area (Å²) in [5, 5.41) is 7.47. The van der Waals surface area contributed by atoms with Crippen molar-refractivity contribution >= 4 is 26.5 Å². The fourth-order valence-corrected chi connectivity index (χ4v) is 3.31. The van der Waals surface area contributed by atoms with Crippen LogP contribution in [-0.2, 0) is 22.3 Å². The van der Waals surface area contributed by atoms with E-state index < -0.39 is 10.0 Å². The van der Waals surface area contributed by atoms with Crippen molar-refractivity contribution in [3.05, 3.63) is 40.9 Å². The van der Waals surface area contributed by atoms with Crippen molar-refractivity contribution in [2.24, 2.45) is 5.73 Å². The van der Waals surface area contributed by atoms with Crippen LogP contribution in [0.5, 0.6) is 0 Å². The topological polar surface area (TPSA) is 98.0 Å². The van der Waals surface area contributed by atoms with Crippen LogP contribution >= 0.6 is 11.3 Å². The van der Waals surface area contributed by atoms with Crippen LogP contribution in [0.2, 0.25) is 0 Å². The second kappa shape index (κ2) is 5.42. The number of hydrogen-bond donors (Lipinski definition) is 2. The number of rotatable bonds is 5. The Kier molecular flexibility index (Phi) is 3.90. The predicted molar refractivity (Wildman–Crippen MR) is 70.5 cm³/mol. The molecule has 0 aliphatic carbocycles. The molecule has 8 heteroatoms. The summed E-state index contributed by atoms with van der Waals surface area (Å²) in [4.78, 5) is 0. The molecule has 0 amide bonds. The first-order valence-corrected chi connectivity index (χ1v) is 7.67. The molecule has 96 valence electrons. The average molecular weight is 284 g/mol. The van der Waals surface area contributed by atoms with Crippen LogP contribution in [-0.4, -0.2) is 18.6 Å². The molecular weight excluding hydrogens is 272 g/mol. The maximum absolute atomic E-state index is 11.9. The van der Waals surface area contributed by atoms with E-state index in [9.17, 15) is 8.42 Å². The van der Waals surface area contributed by atoms with Gasteiger partial charge >= 0.3 is 0 Å². The molecule has 0 bridgehead atoms. The summed E-state index contributed by atoms with van der Waals surface area (Å²) < 4.78 is 26.1. The first-order valence-electron chi connectivity index (χ1n) is 5.13. The van der Waals surface area contributed by atoms with Gasteiger partial charge in [-0.25, -0.2) is 8.42 Å². The lowest BCUT2D eigenvalue weighted by Gasteiger charge is -2.06. The van der Waals surface area contributed by atoms with Crippen molar-refractivity contribution in [1.82, 2.24) is 10.2 Å². The minimum Gasteiger partial charge on any atom is -0.326 e. The summed E-state index contributed by atoms with van der Waals surface area (Å²) in [6.07, 6.45) is 0. The SMILES string of the molecule is NCc1cccc(CS(=O)(=O)Nc2nncs2)c1. The van der Waals surface area contributed by atoms with Gasteiger partial charge in [-0.3, -0.25) is 4.72 Å². The van der Waals surface area contributed by atoms with Gasteiger partial charge in [-0.05, 0) is 11.1 Å². The Morgan fingerprint density at radius 2 is 2.11 bits per heavy atom. The molecule has 2 rings (SSSR count). The zero-order chi connectivity index (χ0) is 13.0. The molecule has 18 heavy (non-hydrogen) atoms. The van der Waals surface area contributed by atoms with Crippen molar-refractivity contribution in [3.63, 3.8) is 0 Å². The number of hydrogen-bond acceptors (Lipinski definition) is 6. The fourth-order valence-electron chi connectivity index (χ4n) is 1.45. The Balaban J connectivity index is 2.12. The number of nitrogens with zero attached hydrogens (tertiary/aromatic N) is 2. The molecule has 3 N–H and O–H groups in total. The predicted octanol–water partition coefficient (Wildman–Crippen LogP) is 0.939. The van der Waals surface area contributed by atoms with Crippen LogP contribution in [0.25, 0.3) is 0 Å². The molecule has 0 atom stereocenters. The van der Waals surface area contributed by atoms with Gasteiger partial charge in [-0.15, -0.1) is 10.2 Å². The molecular formula is C10H12N4O2S2. The van der Waals surface area contributed by atoms with Gasteiger partial charge in [-0.2, -0.15) is 0 Å². The lowest BCUT2D eigenvalue weighted by atomic mass is 10.1. The van der Waals surface area contributed by atoms with E-state index in [4.69, 9.17) is 5.73 Å². The molecule has 6 nitrogen and oxygen atoms in total. The summed E-state index contributed by atoms with van der Waals surface area (Å²) in [6.45, 7) is 0.387. The van der Waals surface area contributed by atoms with Crippen LogP contribution in [0.15, 0.2) is 29.8 Å². The van der Waals surface area contributed by atoms with Crippen molar-refractivity contribution in [1.29, 1.82) is 0 Å². The molecule has 0 saturated heterocycles. The Bertz CT molecular complexity index is 611. The fraction of sp³-hybridized carbons (Fsp3) is 0.200. The van der Waals surface area contributed by atoms with Gasteiger partial charge in [0.1, 0.15) is 5.51 Å². The van der Waals surface area contributed by atoms with Crippen molar-refractivity contribution in [3.8, 4) is 0 Å². The minimum absolute atomic E-state index is 0.111. The van der Waals surface area contributed by atoms with Gasteiger partial charge in [0.05, 0.1) is 5.75 Å². The van der Waals surface area contributed by atoms with Crippen molar-refractivity contribution in [2.75, 3.05) is 4.72 Å². The molecule has 0 saturated carbocycles. The standard InChI is InChI=1S/C10H12N4O2S2/c11-5-8-2-1-3-9(4-8)6-18(15,16)14-10-13-12-7-17-10/h1-4,7H,5-6,11H2,(H,13,14). The van der Waals surface area contributed by atoms with E-state index in [1.165, 1.54) is 5.51 Å². The molecule has 0 unspecified atom stereocenters. The van der Waals surface area contributed by atoms with Gasteiger partial charge < -0.3 is 5.73 Å². The highest BCUT2D eigenvalue weighted by Gasteiger charge is 2.13. The van der Waals surface area contributed by atoms with Gasteiger partial charge in [-0.1, -0.05) is 35.6 Å². The van der Waals surface area contributed by atoms with Crippen molar-refractivity contribution < 1.29 is 8.42 Å². The molecule has 2 aromatic rings. The Labute approximate surface area is 109 Å². The second-order valence-electron chi connectivity index (χ2n) is 3.63. The first kappa shape index (κ1) is 12.9. The van der Waals surface area contributed by atoms with Crippen molar-refractivity contribution in [2.45, 2.75) is 12.3 Å². The Morgan fingerprint density at radius 3 is 2.78 bits per heavy atom. The molecule has 1 aromatic heterocycles. The number of sulfonamides is 1. The van der Waals surface area contributed by atoms with E-state index in [1.807, 2.05) is 6.07 Å². The number of aromatic nitrogens is 2. The van der Waals surface area contributed by atoms with Crippen LogP contribution in [0.4, 0.5) is 5.13 Å². The zero-order valence-corrected chi connectivity index (χ0v) is 11.0. The zero-order valence-electron chi connectivity index (χ0n) is 9.41. The lowest BCUT2D eigenvalue weighted by molar-refractivity contribution is 0.600. The van der Waals surface area contributed by atoms with E-state index in [-0.39, 0.29) is 10.9 Å². The van der Waals surface area contributed by atoms with Gasteiger partial charge in [0.15, 0.2) is 0 Å².